The molecule has 3 nitrogen and oxygen atoms in total. The summed E-state index contributed by atoms with van der Waals surface area (Å²) in [5, 5.41) is 8.95. The van der Waals surface area contributed by atoms with Crippen molar-refractivity contribution in [2.75, 3.05) is 6.54 Å². The predicted molar refractivity (Wildman–Crippen MR) is 60.5 cm³/mol. The van der Waals surface area contributed by atoms with Crippen molar-refractivity contribution in [2.24, 2.45) is 22.5 Å². The first-order valence-corrected chi connectivity index (χ1v) is 5.73. The molecular weight excluding hydrogens is 190 g/mol. The Morgan fingerprint density at radius 3 is 2.47 bits per heavy atom. The van der Waals surface area contributed by atoms with Gasteiger partial charge in [-0.3, -0.25) is 4.79 Å². The molecule has 1 rings (SSSR count). The molecule has 3 heteroatoms. The van der Waals surface area contributed by atoms with Crippen molar-refractivity contribution < 1.29 is 9.90 Å². The van der Waals surface area contributed by atoms with E-state index in [1.807, 2.05) is 0 Å². The molecule has 0 radical (unpaired) electrons. The summed E-state index contributed by atoms with van der Waals surface area (Å²) in [6.07, 6.45) is 3.34. The van der Waals surface area contributed by atoms with Crippen LogP contribution in [0.1, 0.15) is 46.5 Å². The van der Waals surface area contributed by atoms with Gasteiger partial charge in [-0.25, -0.2) is 0 Å². The van der Waals surface area contributed by atoms with Gasteiger partial charge in [0.2, 0.25) is 0 Å². The summed E-state index contributed by atoms with van der Waals surface area (Å²) in [4.78, 5) is 10.9. The molecule has 0 amide bonds. The molecule has 1 aliphatic carbocycles. The average Bonchev–Trinajstić information content (AvgIpc) is 2.09. The molecule has 0 aromatic rings. The van der Waals surface area contributed by atoms with Gasteiger partial charge in [-0.1, -0.05) is 20.8 Å². The Labute approximate surface area is 92.0 Å². The maximum atomic E-state index is 10.9. The summed E-state index contributed by atoms with van der Waals surface area (Å²) in [6.45, 7) is 7.16. The Bertz CT molecular complexity index is 250. The first-order chi connectivity index (χ1) is 6.81. The van der Waals surface area contributed by atoms with Crippen LogP contribution in [0.2, 0.25) is 0 Å². The number of carbonyl (C=O) groups is 1. The number of hydrogen-bond acceptors (Lipinski definition) is 2. The Morgan fingerprint density at radius 1 is 1.47 bits per heavy atom. The zero-order chi connectivity index (χ0) is 11.7. The van der Waals surface area contributed by atoms with Crippen molar-refractivity contribution in [3.05, 3.63) is 0 Å². The highest BCUT2D eigenvalue weighted by molar-refractivity contribution is 5.67. The average molecular weight is 213 g/mol. The first kappa shape index (κ1) is 12.5. The van der Waals surface area contributed by atoms with Crippen LogP contribution < -0.4 is 5.73 Å². The summed E-state index contributed by atoms with van der Waals surface area (Å²) in [7, 11) is 0. The summed E-state index contributed by atoms with van der Waals surface area (Å²) >= 11 is 0. The van der Waals surface area contributed by atoms with Crippen LogP contribution in [0.3, 0.4) is 0 Å². The van der Waals surface area contributed by atoms with E-state index in [1.165, 1.54) is 0 Å². The van der Waals surface area contributed by atoms with Crippen LogP contribution in [0.15, 0.2) is 0 Å². The molecule has 0 bridgehead atoms. The minimum Gasteiger partial charge on any atom is -0.481 e. The fourth-order valence-corrected chi connectivity index (χ4v) is 2.92. The lowest BCUT2D eigenvalue weighted by molar-refractivity contribution is -0.142. The van der Waals surface area contributed by atoms with Gasteiger partial charge in [0.15, 0.2) is 0 Å². The lowest BCUT2D eigenvalue weighted by Crippen LogP contribution is -2.44. The van der Waals surface area contributed by atoms with Gasteiger partial charge in [0.25, 0.3) is 0 Å². The molecule has 3 N–H and O–H groups in total. The van der Waals surface area contributed by atoms with Crippen molar-refractivity contribution in [1.82, 2.24) is 0 Å². The summed E-state index contributed by atoms with van der Waals surface area (Å²) < 4.78 is 0. The molecule has 15 heavy (non-hydrogen) atoms. The van der Waals surface area contributed by atoms with Crippen molar-refractivity contribution in [3.63, 3.8) is 0 Å². The van der Waals surface area contributed by atoms with Gasteiger partial charge in [0, 0.05) is 0 Å². The zero-order valence-corrected chi connectivity index (χ0v) is 10.0. The van der Waals surface area contributed by atoms with Crippen molar-refractivity contribution >= 4 is 5.97 Å². The van der Waals surface area contributed by atoms with Crippen LogP contribution in [0.5, 0.6) is 0 Å². The number of nitrogens with two attached hydrogens (primary N) is 1. The van der Waals surface area contributed by atoms with Crippen LogP contribution in [-0.2, 0) is 4.79 Å². The molecule has 1 aliphatic rings. The topological polar surface area (TPSA) is 63.3 Å². The van der Waals surface area contributed by atoms with Crippen molar-refractivity contribution in [1.29, 1.82) is 0 Å². The molecule has 88 valence electrons. The maximum absolute atomic E-state index is 10.9. The minimum atomic E-state index is -0.716. The Kier molecular flexibility index (Phi) is 3.44. The lowest BCUT2D eigenvalue weighted by atomic mass is 9.58. The Morgan fingerprint density at radius 2 is 2.07 bits per heavy atom. The fraction of sp³-hybridized carbons (Fsp3) is 0.917. The lowest BCUT2D eigenvalue weighted by Gasteiger charge is -2.47. The Hall–Kier alpha value is -0.570. The molecule has 0 aromatic carbocycles. The van der Waals surface area contributed by atoms with Gasteiger partial charge in [0.05, 0.1) is 6.42 Å². The molecule has 0 spiro atoms. The molecule has 0 saturated heterocycles. The summed E-state index contributed by atoms with van der Waals surface area (Å²) in [5.41, 5.74) is 5.98. The number of rotatable bonds is 3. The molecular formula is C12H23NO2. The minimum absolute atomic E-state index is 0.165. The third-order valence-electron chi connectivity index (χ3n) is 4.11. The van der Waals surface area contributed by atoms with E-state index in [2.05, 4.69) is 20.8 Å². The van der Waals surface area contributed by atoms with Crippen LogP contribution in [0, 0.1) is 16.7 Å². The number of aliphatic carboxylic acids is 1. The van der Waals surface area contributed by atoms with Gasteiger partial charge in [-0.05, 0) is 42.6 Å². The van der Waals surface area contributed by atoms with E-state index in [1.54, 1.807) is 0 Å². The highest BCUT2D eigenvalue weighted by Crippen LogP contribution is 2.49. The smallest absolute Gasteiger partial charge is 0.303 e. The second-order valence-electron chi connectivity index (χ2n) is 5.91. The SMILES string of the molecule is CC1CC(C)(C)CCC1(CN)CC(=O)O. The zero-order valence-electron chi connectivity index (χ0n) is 10.0. The fourth-order valence-electron chi connectivity index (χ4n) is 2.92. The standard InChI is InChI=1S/C12H23NO2/c1-9-6-11(2,3)4-5-12(9,8-13)7-10(14)15/h9H,4-8,13H2,1-3H3,(H,14,15). The second-order valence-corrected chi connectivity index (χ2v) is 5.91. The number of hydrogen-bond donors (Lipinski definition) is 2. The van der Waals surface area contributed by atoms with E-state index >= 15 is 0 Å². The number of carboxylic acids is 1. The summed E-state index contributed by atoms with van der Waals surface area (Å²) in [6, 6.07) is 0. The number of carboxylic acid groups (broad SMARTS) is 1. The Balaban J connectivity index is 2.79. The van der Waals surface area contributed by atoms with Crippen molar-refractivity contribution in [2.45, 2.75) is 46.5 Å². The molecule has 2 atom stereocenters. The monoisotopic (exact) mass is 213 g/mol. The quantitative estimate of drug-likeness (QED) is 0.755. The van der Waals surface area contributed by atoms with Gasteiger partial charge < -0.3 is 10.8 Å². The van der Waals surface area contributed by atoms with Crippen LogP contribution in [0.25, 0.3) is 0 Å². The van der Waals surface area contributed by atoms with Gasteiger partial charge in [-0.15, -0.1) is 0 Å². The molecule has 1 fully saturated rings. The van der Waals surface area contributed by atoms with Gasteiger partial charge in [-0.2, -0.15) is 0 Å². The van der Waals surface area contributed by atoms with Crippen LogP contribution in [-0.4, -0.2) is 17.6 Å². The molecule has 1 saturated carbocycles. The highest BCUT2D eigenvalue weighted by Gasteiger charge is 2.44. The molecule has 0 heterocycles. The van der Waals surface area contributed by atoms with E-state index in [9.17, 15) is 4.79 Å². The van der Waals surface area contributed by atoms with Crippen LogP contribution >= 0.6 is 0 Å². The normalized spacial score (nSPS) is 35.1. The van der Waals surface area contributed by atoms with E-state index in [0.29, 0.717) is 17.9 Å². The van der Waals surface area contributed by atoms with Gasteiger partial charge >= 0.3 is 5.97 Å². The van der Waals surface area contributed by atoms with Gasteiger partial charge in [0.1, 0.15) is 0 Å². The second kappa shape index (κ2) is 4.12. The highest BCUT2D eigenvalue weighted by atomic mass is 16.4. The molecule has 2 unspecified atom stereocenters. The third kappa shape index (κ3) is 2.71. The van der Waals surface area contributed by atoms with E-state index < -0.39 is 5.97 Å². The predicted octanol–water partition coefficient (Wildman–Crippen LogP) is 2.25. The van der Waals surface area contributed by atoms with E-state index in [-0.39, 0.29) is 11.8 Å². The van der Waals surface area contributed by atoms with E-state index in [0.717, 1.165) is 19.3 Å². The molecule has 0 aliphatic heterocycles. The third-order valence-corrected chi connectivity index (χ3v) is 4.11. The largest absolute Gasteiger partial charge is 0.481 e. The molecule has 0 aromatic heterocycles. The first-order valence-electron chi connectivity index (χ1n) is 5.73. The van der Waals surface area contributed by atoms with Crippen LogP contribution in [0.4, 0.5) is 0 Å². The maximum Gasteiger partial charge on any atom is 0.303 e. The summed E-state index contributed by atoms with van der Waals surface area (Å²) in [5.74, 6) is -0.311. The van der Waals surface area contributed by atoms with E-state index in [4.69, 9.17) is 10.8 Å². The van der Waals surface area contributed by atoms with Crippen molar-refractivity contribution in [3.8, 4) is 0 Å².